The predicted octanol–water partition coefficient (Wildman–Crippen LogP) is 2.87. The quantitative estimate of drug-likeness (QED) is 0.319. The van der Waals surface area contributed by atoms with Crippen LogP contribution in [0.1, 0.15) is 4.88 Å². The third-order valence-electron chi connectivity index (χ3n) is 3.93. The highest BCUT2D eigenvalue weighted by Crippen LogP contribution is 2.38. The fraction of sp³-hybridized carbons (Fsp3) is 0.167. The maximum Gasteiger partial charge on any atom is 0.323 e. The molecule has 1 aromatic carbocycles. The van der Waals surface area contributed by atoms with E-state index in [0.717, 1.165) is 15.9 Å². The van der Waals surface area contributed by atoms with Crippen molar-refractivity contribution in [3.63, 3.8) is 0 Å². The molecule has 2 heterocycles. The van der Waals surface area contributed by atoms with Crippen molar-refractivity contribution in [2.24, 2.45) is 0 Å². The van der Waals surface area contributed by atoms with E-state index in [2.05, 4.69) is 5.73 Å². The van der Waals surface area contributed by atoms with Crippen LogP contribution in [0.15, 0.2) is 48.0 Å². The Kier molecular flexibility index (Phi) is 6.44. The van der Waals surface area contributed by atoms with Crippen LogP contribution in [0.4, 0.5) is 5.69 Å². The molecule has 3 N–H and O–H groups in total. The van der Waals surface area contributed by atoms with E-state index in [1.807, 2.05) is 0 Å². The number of para-hydroxylation sites is 2. The first-order valence-electron chi connectivity index (χ1n) is 8.42. The Bertz CT molecular complexity index is 1230. The Morgan fingerprint density at radius 2 is 2.07 bits per heavy atom. The molecule has 3 rings (SSSR count). The fourth-order valence-electron chi connectivity index (χ4n) is 2.64. The van der Waals surface area contributed by atoms with Gasteiger partial charge in [-0.3, -0.25) is 13.9 Å². The smallest absolute Gasteiger partial charge is 0.323 e. The highest BCUT2D eigenvalue weighted by molar-refractivity contribution is 7.85. The first-order valence-corrected chi connectivity index (χ1v) is 11.3. The van der Waals surface area contributed by atoms with Crippen molar-refractivity contribution < 1.29 is 32.7 Å². The maximum atomic E-state index is 11.1. The number of anilines is 1. The normalized spacial score (nSPS) is 14.2. The van der Waals surface area contributed by atoms with Gasteiger partial charge in [-0.1, -0.05) is 12.1 Å². The van der Waals surface area contributed by atoms with Crippen molar-refractivity contribution >= 4 is 51.4 Å². The van der Waals surface area contributed by atoms with Crippen LogP contribution in [0.5, 0.6) is 11.6 Å². The number of carboxylic acid groups (broad SMARTS) is 1. The van der Waals surface area contributed by atoms with Gasteiger partial charge in [-0.05, 0) is 30.4 Å². The van der Waals surface area contributed by atoms with E-state index < -0.39 is 28.4 Å². The molecule has 12 heteroatoms. The summed E-state index contributed by atoms with van der Waals surface area (Å²) in [6.45, 7) is -0.461. The lowest BCUT2D eigenvalue weighted by molar-refractivity contribution is -0.137. The summed E-state index contributed by atoms with van der Waals surface area (Å²) >= 11 is 6.09. The lowest BCUT2D eigenvalue weighted by atomic mass is 10.3. The molecule has 0 saturated carbocycles. The van der Waals surface area contributed by atoms with Crippen molar-refractivity contribution in [1.82, 2.24) is 4.57 Å². The number of allylic oxidation sites excluding steroid dienone is 2. The van der Waals surface area contributed by atoms with Gasteiger partial charge in [0.05, 0.1) is 16.3 Å². The van der Waals surface area contributed by atoms with Crippen LogP contribution in [0, 0.1) is 3.95 Å². The summed E-state index contributed by atoms with van der Waals surface area (Å²) in [7, 11) is -4.15. The number of aromatic hydroxyl groups is 1. The summed E-state index contributed by atoms with van der Waals surface area (Å²) in [5.74, 6) is -0.993. The number of aromatic nitrogens is 1. The standard InChI is InChI=1S/C18H16N2O7S3/c21-16(22)11-20-17(23)14(29-18(20)28)7-3-4-8-15-19(9-10-30(24,25)26)12-5-1-2-6-13(12)27-15/h1-2,4-8,23H,9-11H2,(H,21,22)(H,24,25,26). The van der Waals surface area contributed by atoms with Gasteiger partial charge in [0, 0.05) is 18.7 Å². The molecule has 0 fully saturated rings. The Morgan fingerprint density at radius 1 is 1.33 bits per heavy atom. The van der Waals surface area contributed by atoms with Crippen LogP contribution >= 0.6 is 23.6 Å². The number of thiazole rings is 1. The van der Waals surface area contributed by atoms with Crippen molar-refractivity contribution in [3.8, 4) is 11.6 Å². The molecule has 0 saturated heterocycles. The van der Waals surface area contributed by atoms with Gasteiger partial charge < -0.3 is 19.8 Å². The zero-order valence-corrected chi connectivity index (χ0v) is 17.7. The summed E-state index contributed by atoms with van der Waals surface area (Å²) in [6, 6.07) is 7.04. The molecule has 30 heavy (non-hydrogen) atoms. The lowest BCUT2D eigenvalue weighted by Crippen LogP contribution is -2.26. The minimum absolute atomic E-state index is 0.0144. The number of hydrogen-bond donors (Lipinski definition) is 3. The largest absolute Gasteiger partial charge is 0.493 e. The number of carboxylic acids is 1. The number of benzene rings is 1. The SMILES string of the molecule is O=C(O)Cn1c(O)c(C=C=CC=C2Oc3ccccc3N2CCS(=O)(=O)O)sc1=S. The van der Waals surface area contributed by atoms with Gasteiger partial charge in [-0.15, -0.1) is 17.1 Å². The summed E-state index contributed by atoms with van der Waals surface area (Å²) < 4.78 is 38.3. The predicted molar refractivity (Wildman–Crippen MR) is 114 cm³/mol. The van der Waals surface area contributed by atoms with Gasteiger partial charge in [0.1, 0.15) is 6.54 Å². The molecular formula is C18H16N2O7S3. The van der Waals surface area contributed by atoms with E-state index in [-0.39, 0.29) is 16.4 Å². The van der Waals surface area contributed by atoms with E-state index in [0.29, 0.717) is 22.2 Å². The Hall–Kier alpha value is -2.89. The summed E-state index contributed by atoms with van der Waals surface area (Å²) in [5, 5.41) is 19.0. The first-order chi connectivity index (χ1) is 14.2. The number of nitrogens with zero attached hydrogens (tertiary/aromatic N) is 2. The highest BCUT2D eigenvalue weighted by atomic mass is 32.2. The number of aliphatic carboxylic acids is 1. The van der Waals surface area contributed by atoms with Crippen molar-refractivity contribution in [2.45, 2.75) is 6.54 Å². The van der Waals surface area contributed by atoms with Gasteiger partial charge in [0.25, 0.3) is 10.1 Å². The van der Waals surface area contributed by atoms with Crippen LogP contribution in [0.2, 0.25) is 0 Å². The first kappa shape index (κ1) is 21.8. The van der Waals surface area contributed by atoms with Crippen molar-refractivity contribution in [3.05, 3.63) is 56.9 Å². The van der Waals surface area contributed by atoms with Crippen LogP contribution in [0.3, 0.4) is 0 Å². The minimum atomic E-state index is -4.15. The van der Waals surface area contributed by atoms with E-state index in [1.54, 1.807) is 35.2 Å². The fourth-order valence-corrected chi connectivity index (χ4v) is 4.25. The molecule has 0 radical (unpaired) electrons. The number of carbonyl (C=O) groups is 1. The van der Waals surface area contributed by atoms with Gasteiger partial charge >= 0.3 is 5.97 Å². The molecule has 1 aliphatic rings. The van der Waals surface area contributed by atoms with E-state index in [4.69, 9.17) is 26.6 Å². The number of ether oxygens (including phenoxy) is 1. The monoisotopic (exact) mass is 468 g/mol. The molecule has 2 aromatic rings. The van der Waals surface area contributed by atoms with Crippen LogP contribution in [0.25, 0.3) is 6.08 Å². The minimum Gasteiger partial charge on any atom is -0.493 e. The zero-order chi connectivity index (χ0) is 21.9. The number of hydrogen-bond acceptors (Lipinski definition) is 8. The Labute approximate surface area is 180 Å². The molecule has 1 aliphatic heterocycles. The molecule has 0 amide bonds. The number of fused-ring (bicyclic) bond motifs is 1. The zero-order valence-electron chi connectivity index (χ0n) is 15.3. The van der Waals surface area contributed by atoms with E-state index in [9.17, 15) is 18.3 Å². The van der Waals surface area contributed by atoms with Gasteiger partial charge in [-0.2, -0.15) is 8.42 Å². The molecule has 1 aromatic heterocycles. The summed E-state index contributed by atoms with van der Waals surface area (Å²) in [6.07, 6.45) is 4.48. The van der Waals surface area contributed by atoms with Crippen molar-refractivity contribution in [2.75, 3.05) is 17.2 Å². The lowest BCUT2D eigenvalue weighted by Gasteiger charge is -2.16. The van der Waals surface area contributed by atoms with Gasteiger partial charge in [-0.25, -0.2) is 0 Å². The maximum absolute atomic E-state index is 11.1. The molecule has 0 unspecified atom stereocenters. The third kappa shape index (κ3) is 5.17. The second kappa shape index (κ2) is 8.86. The molecule has 158 valence electrons. The molecule has 0 spiro atoms. The molecule has 0 atom stereocenters. The van der Waals surface area contributed by atoms with Crippen molar-refractivity contribution in [1.29, 1.82) is 0 Å². The third-order valence-corrected chi connectivity index (χ3v) is 6.02. The highest BCUT2D eigenvalue weighted by Gasteiger charge is 2.26. The Balaban J connectivity index is 1.84. The summed E-state index contributed by atoms with van der Waals surface area (Å²) in [5.41, 5.74) is 3.48. The molecule has 0 aliphatic carbocycles. The second-order valence-corrected chi connectivity index (χ2v) is 9.27. The van der Waals surface area contributed by atoms with E-state index >= 15 is 0 Å². The molecule has 0 bridgehead atoms. The van der Waals surface area contributed by atoms with Gasteiger partial charge in [0.15, 0.2) is 9.70 Å². The average molecular weight is 469 g/mol. The molecular weight excluding hydrogens is 452 g/mol. The topological polar surface area (TPSA) is 129 Å². The Morgan fingerprint density at radius 3 is 2.77 bits per heavy atom. The average Bonchev–Trinajstić information content (AvgIpc) is 3.14. The van der Waals surface area contributed by atoms with Crippen LogP contribution in [-0.2, 0) is 21.5 Å². The second-order valence-electron chi connectivity index (χ2n) is 6.03. The summed E-state index contributed by atoms with van der Waals surface area (Å²) in [4.78, 5) is 12.8. The number of rotatable bonds is 7. The van der Waals surface area contributed by atoms with Crippen LogP contribution in [-0.4, -0.2) is 46.0 Å². The molecule has 9 nitrogen and oxygen atoms in total. The van der Waals surface area contributed by atoms with Gasteiger partial charge in [0.2, 0.25) is 11.8 Å². The van der Waals surface area contributed by atoms with E-state index in [1.165, 1.54) is 12.2 Å². The van der Waals surface area contributed by atoms with Crippen LogP contribution < -0.4 is 9.64 Å².